The van der Waals surface area contributed by atoms with Crippen molar-refractivity contribution < 1.29 is 9.32 Å². The molecule has 2 aromatic heterocycles. The minimum Gasteiger partial charge on any atom is -0.356 e. The molecule has 1 N–H and O–H groups in total. The Morgan fingerprint density at radius 2 is 1.84 bits per heavy atom. The number of benzene rings is 1. The molecule has 0 spiro atoms. The van der Waals surface area contributed by atoms with E-state index in [9.17, 15) is 4.79 Å². The monoisotopic (exact) mass is 433 g/mol. The van der Waals surface area contributed by atoms with Gasteiger partial charge in [-0.2, -0.15) is 0 Å². The molecule has 2 heterocycles. The van der Waals surface area contributed by atoms with Gasteiger partial charge < -0.3 is 14.7 Å². The third-order valence-corrected chi connectivity index (χ3v) is 6.25. The first-order valence-electron chi connectivity index (χ1n) is 11.3. The van der Waals surface area contributed by atoms with Crippen molar-refractivity contribution in [1.82, 2.24) is 20.4 Å². The van der Waals surface area contributed by atoms with Gasteiger partial charge in [0.05, 0.1) is 17.0 Å². The largest absolute Gasteiger partial charge is 0.356 e. The molecule has 1 saturated carbocycles. The van der Waals surface area contributed by atoms with E-state index >= 15 is 0 Å². The molecule has 168 valence electrons. The van der Waals surface area contributed by atoms with E-state index < -0.39 is 0 Å². The van der Waals surface area contributed by atoms with Gasteiger partial charge in [0.1, 0.15) is 0 Å². The van der Waals surface area contributed by atoms with Crippen molar-refractivity contribution in [3.05, 3.63) is 47.3 Å². The number of carbonyl (C=O) groups is 1. The lowest BCUT2D eigenvalue weighted by molar-refractivity contribution is -0.126. The number of nitrogens with zero attached hydrogens (tertiary/aromatic N) is 4. The van der Waals surface area contributed by atoms with E-state index in [-0.39, 0.29) is 11.8 Å². The van der Waals surface area contributed by atoms with E-state index in [2.05, 4.69) is 15.5 Å². The van der Waals surface area contributed by atoms with Crippen LogP contribution >= 0.6 is 0 Å². The van der Waals surface area contributed by atoms with Gasteiger partial charge >= 0.3 is 0 Å². The van der Waals surface area contributed by atoms with Crippen molar-refractivity contribution in [1.29, 1.82) is 0 Å². The Labute approximate surface area is 189 Å². The number of hydrogen-bond acceptors (Lipinski definition) is 6. The summed E-state index contributed by atoms with van der Waals surface area (Å²) in [4.78, 5) is 23.6. The Balaban J connectivity index is 1.57. The Hall–Kier alpha value is -3.22. The molecule has 7 nitrogen and oxygen atoms in total. The molecule has 0 bridgehead atoms. The fourth-order valence-corrected chi connectivity index (χ4v) is 4.12. The average molecular weight is 434 g/mol. The van der Waals surface area contributed by atoms with Crippen LogP contribution in [0.2, 0.25) is 0 Å². The van der Waals surface area contributed by atoms with E-state index in [0.29, 0.717) is 18.3 Å². The number of rotatable bonds is 6. The van der Waals surface area contributed by atoms with Gasteiger partial charge in [-0.05, 0) is 32.3 Å². The minimum absolute atomic E-state index is 0.171. The number of amides is 1. The predicted octanol–water partition coefficient (Wildman–Crippen LogP) is 4.68. The molecule has 32 heavy (non-hydrogen) atoms. The normalized spacial score (nSPS) is 14.4. The molecular weight excluding hydrogens is 402 g/mol. The smallest absolute Gasteiger partial charge is 0.225 e. The molecule has 1 aliphatic carbocycles. The van der Waals surface area contributed by atoms with E-state index in [1.807, 2.05) is 57.1 Å². The van der Waals surface area contributed by atoms with Crippen LogP contribution in [0.4, 0.5) is 5.95 Å². The summed E-state index contributed by atoms with van der Waals surface area (Å²) in [6.45, 7) is 4.45. The summed E-state index contributed by atoms with van der Waals surface area (Å²) in [5, 5.41) is 7.20. The number of carbonyl (C=O) groups excluding carboxylic acids is 1. The van der Waals surface area contributed by atoms with E-state index in [1.165, 1.54) is 6.42 Å². The summed E-state index contributed by atoms with van der Waals surface area (Å²) in [5.74, 6) is 1.66. The van der Waals surface area contributed by atoms with Gasteiger partial charge in [0.25, 0.3) is 0 Å². The summed E-state index contributed by atoms with van der Waals surface area (Å²) in [5.41, 5.74) is 5.46. The Bertz CT molecular complexity index is 1080. The molecule has 3 aromatic rings. The van der Waals surface area contributed by atoms with Crippen LogP contribution in [-0.4, -0.2) is 35.1 Å². The first kappa shape index (κ1) is 22.0. The molecule has 1 fully saturated rings. The fourth-order valence-electron chi connectivity index (χ4n) is 4.12. The van der Waals surface area contributed by atoms with Crippen LogP contribution < -0.4 is 10.2 Å². The topological polar surface area (TPSA) is 84.2 Å². The van der Waals surface area contributed by atoms with Gasteiger partial charge in [0, 0.05) is 43.9 Å². The second-order valence-corrected chi connectivity index (χ2v) is 8.80. The molecule has 4 rings (SSSR count). The van der Waals surface area contributed by atoms with Gasteiger partial charge in [0.2, 0.25) is 11.9 Å². The standard InChI is InChI=1S/C25H31N5O2/c1-16-17(2)29-32-23(16)21-15-27-25(30(3)4)28-22(21)19-12-10-18(11-13-19)14-26-24(31)20-8-6-5-7-9-20/h10-13,15,20H,5-9,14H2,1-4H3,(H,26,31). The number of nitrogens with one attached hydrogen (secondary N) is 1. The van der Waals surface area contributed by atoms with E-state index in [4.69, 9.17) is 9.51 Å². The van der Waals surface area contributed by atoms with Crippen LogP contribution in [0.15, 0.2) is 35.0 Å². The van der Waals surface area contributed by atoms with Crippen LogP contribution in [0.3, 0.4) is 0 Å². The van der Waals surface area contributed by atoms with Crippen LogP contribution in [0.1, 0.15) is 48.9 Å². The summed E-state index contributed by atoms with van der Waals surface area (Å²) in [6.07, 6.45) is 7.38. The fraction of sp³-hybridized carbons (Fsp3) is 0.440. The van der Waals surface area contributed by atoms with Gasteiger partial charge in [-0.15, -0.1) is 0 Å². The summed E-state index contributed by atoms with van der Waals surface area (Å²) < 4.78 is 5.60. The average Bonchev–Trinajstić information content (AvgIpc) is 3.16. The third-order valence-electron chi connectivity index (χ3n) is 6.25. The first-order valence-corrected chi connectivity index (χ1v) is 11.3. The molecular formula is C25H31N5O2. The minimum atomic E-state index is 0.171. The van der Waals surface area contributed by atoms with Crippen LogP contribution in [0.5, 0.6) is 0 Å². The Morgan fingerprint density at radius 1 is 1.12 bits per heavy atom. The number of anilines is 1. The predicted molar refractivity (Wildman–Crippen MR) is 125 cm³/mol. The molecule has 0 radical (unpaired) electrons. The maximum absolute atomic E-state index is 12.4. The summed E-state index contributed by atoms with van der Waals surface area (Å²) in [7, 11) is 3.83. The van der Waals surface area contributed by atoms with Gasteiger partial charge in [-0.25, -0.2) is 9.97 Å². The lowest BCUT2D eigenvalue weighted by Gasteiger charge is -2.20. The Kier molecular flexibility index (Phi) is 6.53. The highest BCUT2D eigenvalue weighted by Gasteiger charge is 2.21. The van der Waals surface area contributed by atoms with Crippen molar-refractivity contribution in [3.63, 3.8) is 0 Å². The lowest BCUT2D eigenvalue weighted by Crippen LogP contribution is -2.31. The summed E-state index contributed by atoms with van der Waals surface area (Å²) in [6, 6.07) is 8.14. The van der Waals surface area contributed by atoms with Crippen LogP contribution in [0, 0.1) is 19.8 Å². The SMILES string of the molecule is Cc1noc(-c2cnc(N(C)C)nc2-c2ccc(CNC(=O)C3CCCCC3)cc2)c1C. The second kappa shape index (κ2) is 9.51. The van der Waals surface area contributed by atoms with Gasteiger partial charge in [0.15, 0.2) is 5.76 Å². The molecule has 7 heteroatoms. The van der Waals surface area contributed by atoms with Gasteiger partial charge in [-0.3, -0.25) is 4.79 Å². The Morgan fingerprint density at radius 3 is 2.47 bits per heavy atom. The number of hydrogen-bond donors (Lipinski definition) is 1. The molecule has 0 saturated heterocycles. The molecule has 0 atom stereocenters. The number of aryl methyl sites for hydroxylation is 1. The second-order valence-electron chi connectivity index (χ2n) is 8.80. The maximum Gasteiger partial charge on any atom is 0.225 e. The number of aromatic nitrogens is 3. The lowest BCUT2D eigenvalue weighted by atomic mass is 9.88. The van der Waals surface area contributed by atoms with Crippen LogP contribution in [0.25, 0.3) is 22.6 Å². The van der Waals surface area contributed by atoms with Crippen molar-refractivity contribution >= 4 is 11.9 Å². The van der Waals surface area contributed by atoms with Crippen LogP contribution in [-0.2, 0) is 11.3 Å². The molecule has 1 amide bonds. The zero-order valence-electron chi connectivity index (χ0n) is 19.3. The third kappa shape index (κ3) is 4.66. The van der Waals surface area contributed by atoms with Crippen molar-refractivity contribution in [3.8, 4) is 22.6 Å². The zero-order valence-corrected chi connectivity index (χ0v) is 19.3. The highest BCUT2D eigenvalue weighted by Crippen LogP contribution is 2.34. The van der Waals surface area contributed by atoms with Gasteiger partial charge in [-0.1, -0.05) is 48.7 Å². The highest BCUT2D eigenvalue weighted by molar-refractivity contribution is 5.80. The highest BCUT2D eigenvalue weighted by atomic mass is 16.5. The van der Waals surface area contributed by atoms with Crippen molar-refractivity contribution in [2.24, 2.45) is 5.92 Å². The van der Waals surface area contributed by atoms with E-state index in [1.54, 1.807) is 6.20 Å². The molecule has 1 aliphatic rings. The molecule has 0 unspecified atom stereocenters. The van der Waals surface area contributed by atoms with E-state index in [0.717, 1.165) is 59.3 Å². The quantitative estimate of drug-likeness (QED) is 0.608. The zero-order chi connectivity index (χ0) is 22.7. The van der Waals surface area contributed by atoms with Crippen molar-refractivity contribution in [2.45, 2.75) is 52.5 Å². The van der Waals surface area contributed by atoms with Crippen molar-refractivity contribution in [2.75, 3.05) is 19.0 Å². The maximum atomic E-state index is 12.4. The molecule has 1 aromatic carbocycles. The molecule has 0 aliphatic heterocycles. The summed E-state index contributed by atoms with van der Waals surface area (Å²) >= 11 is 0. The first-order chi connectivity index (χ1) is 15.4.